The summed E-state index contributed by atoms with van der Waals surface area (Å²) < 4.78 is 12.9. The Morgan fingerprint density at radius 2 is 1.90 bits per heavy atom. The van der Waals surface area contributed by atoms with Crippen LogP contribution in [0.2, 0.25) is 0 Å². The first kappa shape index (κ1) is 15.2. The number of carbonyl (C=O) groups excluding carboxylic acids is 1. The third kappa shape index (κ3) is 3.90. The molecular weight excluding hydrogens is 273 g/mol. The van der Waals surface area contributed by atoms with E-state index in [4.69, 9.17) is 5.11 Å². The molecule has 0 saturated carbocycles. The summed E-state index contributed by atoms with van der Waals surface area (Å²) in [5, 5.41) is 8.99. The van der Waals surface area contributed by atoms with E-state index in [-0.39, 0.29) is 24.8 Å². The fourth-order valence-corrected chi connectivity index (χ4v) is 2.55. The van der Waals surface area contributed by atoms with E-state index in [0.29, 0.717) is 12.0 Å². The highest BCUT2D eigenvalue weighted by Crippen LogP contribution is 2.27. The lowest BCUT2D eigenvalue weighted by atomic mass is 10.1. The van der Waals surface area contributed by atoms with Gasteiger partial charge in [-0.05, 0) is 43.9 Å². The first-order chi connectivity index (χ1) is 9.97. The molecule has 0 aromatic heterocycles. The molecule has 1 aliphatic carbocycles. The highest BCUT2D eigenvalue weighted by atomic mass is 19.1. The normalized spacial score (nSPS) is 14.4. The molecule has 1 aliphatic rings. The molecule has 5 heteroatoms. The highest BCUT2D eigenvalue weighted by Gasteiger charge is 2.24. The third-order valence-electron chi connectivity index (χ3n) is 3.65. The summed E-state index contributed by atoms with van der Waals surface area (Å²) in [6.45, 7) is 1.73. The Labute approximate surface area is 122 Å². The minimum atomic E-state index is -1.05. The summed E-state index contributed by atoms with van der Waals surface area (Å²) in [5.41, 5.74) is 2.47. The summed E-state index contributed by atoms with van der Waals surface area (Å²) in [6, 6.07) is 5.73. The van der Waals surface area contributed by atoms with E-state index in [2.05, 4.69) is 0 Å². The van der Waals surface area contributed by atoms with Crippen LogP contribution in [0, 0.1) is 5.82 Å². The number of nitrogens with zero attached hydrogens (tertiary/aromatic N) is 1. The van der Waals surface area contributed by atoms with Crippen LogP contribution in [0.5, 0.6) is 0 Å². The standard InChI is InChI=1S/C16H18FNO3/c1-11-3-2-4-14(11)16(21)18(10-15(19)20)9-12-5-7-13(17)8-6-12/h5-8H,2-4,9-10H2,1H3,(H,19,20). The van der Waals surface area contributed by atoms with Crippen molar-refractivity contribution in [1.82, 2.24) is 4.90 Å². The predicted molar refractivity (Wildman–Crippen MR) is 76.0 cm³/mol. The molecule has 0 bridgehead atoms. The molecule has 1 amide bonds. The Hall–Kier alpha value is -2.17. The maximum absolute atomic E-state index is 12.9. The van der Waals surface area contributed by atoms with Crippen molar-refractivity contribution in [3.05, 3.63) is 46.8 Å². The molecule has 0 spiro atoms. The summed E-state index contributed by atoms with van der Waals surface area (Å²) in [6.07, 6.45) is 2.52. The zero-order valence-electron chi connectivity index (χ0n) is 11.9. The van der Waals surface area contributed by atoms with E-state index in [0.717, 1.165) is 24.0 Å². The van der Waals surface area contributed by atoms with E-state index in [1.54, 1.807) is 12.1 Å². The molecule has 0 atom stereocenters. The summed E-state index contributed by atoms with van der Waals surface area (Å²) >= 11 is 0. The van der Waals surface area contributed by atoms with Gasteiger partial charge >= 0.3 is 5.97 Å². The minimum absolute atomic E-state index is 0.169. The molecule has 21 heavy (non-hydrogen) atoms. The van der Waals surface area contributed by atoms with Crippen LogP contribution in [0.3, 0.4) is 0 Å². The lowest BCUT2D eigenvalue weighted by Gasteiger charge is -2.22. The van der Waals surface area contributed by atoms with Gasteiger partial charge in [0.1, 0.15) is 12.4 Å². The van der Waals surface area contributed by atoms with E-state index in [9.17, 15) is 14.0 Å². The molecule has 0 aliphatic heterocycles. The second-order valence-corrected chi connectivity index (χ2v) is 5.29. The second kappa shape index (κ2) is 6.52. The smallest absolute Gasteiger partial charge is 0.323 e. The molecule has 0 unspecified atom stereocenters. The van der Waals surface area contributed by atoms with Gasteiger partial charge in [-0.25, -0.2) is 4.39 Å². The molecule has 112 valence electrons. The molecule has 0 heterocycles. The van der Waals surface area contributed by atoms with Gasteiger partial charge in [-0.1, -0.05) is 17.7 Å². The topological polar surface area (TPSA) is 57.6 Å². The van der Waals surface area contributed by atoms with Crippen molar-refractivity contribution in [2.24, 2.45) is 0 Å². The third-order valence-corrected chi connectivity index (χ3v) is 3.65. The second-order valence-electron chi connectivity index (χ2n) is 5.29. The maximum Gasteiger partial charge on any atom is 0.323 e. The number of allylic oxidation sites excluding steroid dienone is 1. The number of amides is 1. The summed E-state index contributed by atoms with van der Waals surface area (Å²) in [7, 11) is 0. The van der Waals surface area contributed by atoms with Crippen molar-refractivity contribution in [2.45, 2.75) is 32.7 Å². The van der Waals surface area contributed by atoms with E-state index >= 15 is 0 Å². The molecule has 4 nitrogen and oxygen atoms in total. The number of rotatable bonds is 5. The molecular formula is C16H18FNO3. The Morgan fingerprint density at radius 3 is 2.43 bits per heavy atom. The molecule has 0 radical (unpaired) electrons. The van der Waals surface area contributed by atoms with E-state index in [1.165, 1.54) is 17.0 Å². The van der Waals surface area contributed by atoms with Crippen LogP contribution < -0.4 is 0 Å². The van der Waals surface area contributed by atoms with Crippen molar-refractivity contribution in [3.8, 4) is 0 Å². The molecule has 1 N–H and O–H groups in total. The van der Waals surface area contributed by atoms with Crippen LogP contribution in [0.15, 0.2) is 35.4 Å². The quantitative estimate of drug-likeness (QED) is 0.907. The number of benzene rings is 1. The van der Waals surface area contributed by atoms with Crippen molar-refractivity contribution < 1.29 is 19.1 Å². The van der Waals surface area contributed by atoms with Crippen LogP contribution in [-0.4, -0.2) is 28.4 Å². The van der Waals surface area contributed by atoms with Gasteiger partial charge in [0.05, 0.1) is 0 Å². The first-order valence-corrected chi connectivity index (χ1v) is 6.91. The first-order valence-electron chi connectivity index (χ1n) is 6.91. The zero-order chi connectivity index (χ0) is 15.4. The van der Waals surface area contributed by atoms with Crippen LogP contribution in [-0.2, 0) is 16.1 Å². The fraction of sp³-hybridized carbons (Fsp3) is 0.375. The number of carboxylic acid groups (broad SMARTS) is 1. The SMILES string of the molecule is CC1=C(C(=O)N(CC(=O)O)Cc2ccc(F)cc2)CCC1. The number of aliphatic carboxylic acids is 1. The van der Waals surface area contributed by atoms with Crippen molar-refractivity contribution >= 4 is 11.9 Å². The van der Waals surface area contributed by atoms with Crippen LogP contribution in [0.1, 0.15) is 31.7 Å². The summed E-state index contributed by atoms with van der Waals surface area (Å²) in [5.74, 6) is -1.64. The predicted octanol–water partition coefficient (Wildman–Crippen LogP) is 2.74. The average molecular weight is 291 g/mol. The lowest BCUT2D eigenvalue weighted by Crippen LogP contribution is -2.36. The van der Waals surface area contributed by atoms with Gasteiger partial charge in [-0.2, -0.15) is 0 Å². The number of carboxylic acids is 1. The number of hydrogen-bond acceptors (Lipinski definition) is 2. The number of hydrogen-bond donors (Lipinski definition) is 1. The minimum Gasteiger partial charge on any atom is -0.480 e. The fourth-order valence-electron chi connectivity index (χ4n) is 2.55. The van der Waals surface area contributed by atoms with Gasteiger partial charge in [0.15, 0.2) is 0 Å². The molecule has 2 rings (SSSR count). The van der Waals surface area contributed by atoms with E-state index in [1.807, 2.05) is 6.92 Å². The van der Waals surface area contributed by atoms with Crippen LogP contribution in [0.25, 0.3) is 0 Å². The van der Waals surface area contributed by atoms with Crippen molar-refractivity contribution in [2.75, 3.05) is 6.54 Å². The summed E-state index contributed by atoms with van der Waals surface area (Å²) in [4.78, 5) is 24.8. The van der Waals surface area contributed by atoms with Gasteiger partial charge in [-0.15, -0.1) is 0 Å². The number of carbonyl (C=O) groups is 2. The van der Waals surface area contributed by atoms with Gasteiger partial charge in [0, 0.05) is 12.1 Å². The van der Waals surface area contributed by atoms with Gasteiger partial charge < -0.3 is 10.0 Å². The molecule has 0 saturated heterocycles. The van der Waals surface area contributed by atoms with Crippen molar-refractivity contribution in [1.29, 1.82) is 0 Å². The lowest BCUT2D eigenvalue weighted by molar-refractivity contribution is -0.143. The monoisotopic (exact) mass is 291 g/mol. The Bertz CT molecular complexity index is 578. The van der Waals surface area contributed by atoms with Gasteiger partial charge in [0.25, 0.3) is 5.91 Å². The van der Waals surface area contributed by atoms with Gasteiger partial charge in [0.2, 0.25) is 0 Å². The number of halogens is 1. The Balaban J connectivity index is 2.18. The Morgan fingerprint density at radius 1 is 1.24 bits per heavy atom. The highest BCUT2D eigenvalue weighted by molar-refractivity contribution is 5.96. The van der Waals surface area contributed by atoms with Crippen LogP contribution >= 0.6 is 0 Å². The van der Waals surface area contributed by atoms with Gasteiger partial charge in [-0.3, -0.25) is 9.59 Å². The zero-order valence-corrected chi connectivity index (χ0v) is 11.9. The Kier molecular flexibility index (Phi) is 4.73. The molecule has 0 fully saturated rings. The largest absolute Gasteiger partial charge is 0.480 e. The molecule has 1 aromatic rings. The van der Waals surface area contributed by atoms with E-state index < -0.39 is 5.97 Å². The average Bonchev–Trinajstić information content (AvgIpc) is 2.85. The molecule has 1 aromatic carbocycles. The van der Waals surface area contributed by atoms with Crippen LogP contribution in [0.4, 0.5) is 4.39 Å². The van der Waals surface area contributed by atoms with Crippen molar-refractivity contribution in [3.63, 3.8) is 0 Å². The maximum atomic E-state index is 12.9.